The fraction of sp³-hybridized carbons (Fsp3) is 0.440. The van der Waals surface area contributed by atoms with Crippen molar-refractivity contribution in [1.82, 2.24) is 19.7 Å². The number of rotatable bonds is 7. The van der Waals surface area contributed by atoms with Crippen LogP contribution in [-0.2, 0) is 27.5 Å². The molecule has 1 saturated carbocycles. The summed E-state index contributed by atoms with van der Waals surface area (Å²) in [6.07, 6.45) is 11.6. The largest absolute Gasteiger partial charge is 0.452 e. The summed E-state index contributed by atoms with van der Waals surface area (Å²) in [4.78, 5) is 23.1. The maximum atomic E-state index is 12.6. The number of aromatic nitrogens is 4. The molecule has 5 rings (SSSR count). The Morgan fingerprint density at radius 2 is 1.89 bits per heavy atom. The molecule has 2 aromatic heterocycles. The van der Waals surface area contributed by atoms with Gasteiger partial charge in [-0.1, -0.05) is 0 Å². The van der Waals surface area contributed by atoms with E-state index in [1.165, 1.54) is 13.4 Å². The van der Waals surface area contributed by atoms with Crippen LogP contribution >= 0.6 is 0 Å². The van der Waals surface area contributed by atoms with Gasteiger partial charge in [0.1, 0.15) is 15.6 Å². The van der Waals surface area contributed by atoms with Crippen molar-refractivity contribution in [2.24, 2.45) is 0 Å². The molecule has 0 bridgehead atoms. The molecule has 0 saturated heterocycles. The average molecular weight is 512 g/mol. The van der Waals surface area contributed by atoms with Gasteiger partial charge in [0.15, 0.2) is 0 Å². The van der Waals surface area contributed by atoms with Crippen LogP contribution < -0.4 is 9.64 Å². The van der Waals surface area contributed by atoms with Crippen molar-refractivity contribution in [1.29, 1.82) is 0 Å². The highest BCUT2D eigenvalue weighted by atomic mass is 32.2. The summed E-state index contributed by atoms with van der Waals surface area (Å²) >= 11 is 0. The van der Waals surface area contributed by atoms with Crippen LogP contribution in [0, 0.1) is 0 Å². The third-order valence-corrected chi connectivity index (χ3v) is 7.57. The summed E-state index contributed by atoms with van der Waals surface area (Å²) in [5.74, 6) is 1.08. The number of hydrogen-bond donors (Lipinski definition) is 0. The summed E-state index contributed by atoms with van der Waals surface area (Å²) in [6.45, 7) is 2.24. The molecule has 11 heteroatoms. The first kappa shape index (κ1) is 24.2. The number of aryl methyl sites for hydroxylation is 1. The molecule has 190 valence electrons. The van der Waals surface area contributed by atoms with Crippen LogP contribution in [0.1, 0.15) is 43.2 Å². The van der Waals surface area contributed by atoms with Gasteiger partial charge in [0, 0.05) is 47.6 Å². The predicted molar refractivity (Wildman–Crippen MR) is 134 cm³/mol. The number of sulfone groups is 1. The van der Waals surface area contributed by atoms with E-state index in [0.717, 1.165) is 47.2 Å². The zero-order chi connectivity index (χ0) is 25.4. The molecule has 3 heterocycles. The molecule has 0 unspecified atom stereocenters. The molecule has 0 N–H and O–H groups in total. The highest BCUT2D eigenvalue weighted by molar-refractivity contribution is 7.90. The number of ether oxygens (including phenoxy) is 2. The van der Waals surface area contributed by atoms with Gasteiger partial charge in [-0.3, -0.25) is 9.58 Å². The lowest BCUT2D eigenvalue weighted by molar-refractivity contribution is 0.175. The van der Waals surface area contributed by atoms with Crippen LogP contribution in [-0.4, -0.2) is 59.4 Å². The first-order valence-corrected chi connectivity index (χ1v) is 14.0. The average Bonchev–Trinajstić information content (AvgIpc) is 3.60. The van der Waals surface area contributed by atoms with Gasteiger partial charge >= 0.3 is 12.1 Å². The van der Waals surface area contributed by atoms with Crippen molar-refractivity contribution in [2.75, 3.05) is 24.0 Å². The number of carbonyl (C=O) groups is 1. The highest BCUT2D eigenvalue weighted by Gasteiger charge is 2.33. The van der Waals surface area contributed by atoms with Crippen LogP contribution in [0.25, 0.3) is 11.1 Å². The van der Waals surface area contributed by atoms with Gasteiger partial charge in [0.25, 0.3) is 0 Å². The second-order valence-electron chi connectivity index (χ2n) is 9.46. The second kappa shape index (κ2) is 9.53. The third-order valence-electron chi connectivity index (χ3n) is 6.65. The molecule has 1 aromatic carbocycles. The van der Waals surface area contributed by atoms with Gasteiger partial charge in [-0.05, 0) is 56.2 Å². The SMILES string of the molecule is COC(=O)N1c2ccc(-c3cnn(CCS(C)(=O)=O)c3)c(Oc3ncc(C4CC4)cn3)c2CC[C@@H]1C. The van der Waals surface area contributed by atoms with Crippen molar-refractivity contribution in [3.05, 3.63) is 48.0 Å². The summed E-state index contributed by atoms with van der Waals surface area (Å²) in [5, 5.41) is 4.34. The maximum absolute atomic E-state index is 12.6. The van der Waals surface area contributed by atoms with E-state index in [4.69, 9.17) is 9.47 Å². The second-order valence-corrected chi connectivity index (χ2v) is 11.7. The van der Waals surface area contributed by atoms with E-state index >= 15 is 0 Å². The smallest absolute Gasteiger partial charge is 0.414 e. The molecule has 10 nitrogen and oxygen atoms in total. The zero-order valence-corrected chi connectivity index (χ0v) is 21.4. The van der Waals surface area contributed by atoms with E-state index in [9.17, 15) is 13.2 Å². The Bertz CT molecular complexity index is 1380. The normalized spacial score (nSPS) is 17.5. The molecule has 36 heavy (non-hydrogen) atoms. The van der Waals surface area contributed by atoms with Crippen molar-refractivity contribution in [3.8, 4) is 22.9 Å². The Labute approximate surface area is 210 Å². The Balaban J connectivity index is 1.55. The van der Waals surface area contributed by atoms with Crippen LogP contribution in [0.2, 0.25) is 0 Å². The first-order chi connectivity index (χ1) is 17.2. The van der Waals surface area contributed by atoms with Crippen molar-refractivity contribution in [2.45, 2.75) is 51.1 Å². The van der Waals surface area contributed by atoms with Crippen LogP contribution in [0.3, 0.4) is 0 Å². The number of hydrogen-bond acceptors (Lipinski definition) is 8. The number of benzene rings is 1. The van der Waals surface area contributed by atoms with Crippen LogP contribution in [0.4, 0.5) is 10.5 Å². The molecular formula is C25H29N5O5S. The van der Waals surface area contributed by atoms with Gasteiger partial charge in [-0.25, -0.2) is 23.2 Å². The minimum absolute atomic E-state index is 0.00513. The molecule has 0 spiro atoms. The minimum atomic E-state index is -3.12. The molecule has 1 atom stereocenters. The molecular weight excluding hydrogens is 482 g/mol. The fourth-order valence-corrected chi connectivity index (χ4v) is 5.03. The number of amides is 1. The Hall–Kier alpha value is -3.47. The first-order valence-electron chi connectivity index (χ1n) is 12.0. The Morgan fingerprint density at radius 1 is 1.14 bits per heavy atom. The van der Waals surface area contributed by atoms with E-state index in [1.54, 1.807) is 34.4 Å². The molecule has 1 aliphatic heterocycles. The van der Waals surface area contributed by atoms with Gasteiger partial charge in [0.05, 0.1) is 31.3 Å². The Morgan fingerprint density at radius 3 is 2.56 bits per heavy atom. The number of fused-ring (bicyclic) bond motifs is 1. The molecule has 1 amide bonds. The lowest BCUT2D eigenvalue weighted by Gasteiger charge is -2.35. The van der Waals surface area contributed by atoms with Crippen molar-refractivity contribution < 1.29 is 22.7 Å². The monoisotopic (exact) mass is 511 g/mol. The van der Waals surface area contributed by atoms with Gasteiger partial charge in [0.2, 0.25) is 0 Å². The van der Waals surface area contributed by atoms with E-state index < -0.39 is 15.9 Å². The molecule has 3 aromatic rings. The highest BCUT2D eigenvalue weighted by Crippen LogP contribution is 2.45. The number of carbonyl (C=O) groups excluding carboxylic acids is 1. The summed E-state index contributed by atoms with van der Waals surface area (Å²) < 4.78 is 36.1. The fourth-order valence-electron chi connectivity index (χ4n) is 4.51. The summed E-state index contributed by atoms with van der Waals surface area (Å²) in [7, 11) is -1.75. The van der Waals surface area contributed by atoms with E-state index in [1.807, 2.05) is 19.1 Å². The maximum Gasteiger partial charge on any atom is 0.414 e. The number of nitrogens with zero attached hydrogens (tertiary/aromatic N) is 5. The van der Waals surface area contributed by atoms with Crippen LogP contribution in [0.5, 0.6) is 11.8 Å². The van der Waals surface area contributed by atoms with E-state index in [0.29, 0.717) is 18.1 Å². The molecule has 1 aliphatic carbocycles. The standard InChI is InChI=1S/C25H29N5O5S/c1-16-4-7-21-22(30(16)25(31)34-2)9-8-20(19-14-28-29(15-19)10-11-36(3,32)33)23(21)35-24-26-12-18(13-27-24)17-5-6-17/h8-9,12-17H,4-7,10-11H2,1-3H3/t16-/m0/s1. The van der Waals surface area contributed by atoms with E-state index in [2.05, 4.69) is 15.1 Å². The summed E-state index contributed by atoms with van der Waals surface area (Å²) in [5.41, 5.74) is 4.21. The molecule has 0 radical (unpaired) electrons. The van der Waals surface area contributed by atoms with Crippen molar-refractivity contribution >= 4 is 21.6 Å². The zero-order valence-electron chi connectivity index (χ0n) is 20.5. The lowest BCUT2D eigenvalue weighted by atomic mass is 9.92. The molecule has 2 aliphatic rings. The number of methoxy groups -OCH3 is 1. The third kappa shape index (κ3) is 5.06. The van der Waals surface area contributed by atoms with Gasteiger partial charge < -0.3 is 9.47 Å². The quantitative estimate of drug-likeness (QED) is 0.468. The van der Waals surface area contributed by atoms with Crippen molar-refractivity contribution in [3.63, 3.8) is 0 Å². The summed E-state index contributed by atoms with van der Waals surface area (Å²) in [6, 6.07) is 3.95. The Kier molecular flexibility index (Phi) is 6.42. The number of anilines is 1. The topological polar surface area (TPSA) is 117 Å². The van der Waals surface area contributed by atoms with Crippen LogP contribution in [0.15, 0.2) is 36.9 Å². The minimum Gasteiger partial charge on any atom is -0.452 e. The molecule has 1 fully saturated rings. The van der Waals surface area contributed by atoms with Gasteiger partial charge in [-0.2, -0.15) is 5.10 Å². The van der Waals surface area contributed by atoms with E-state index in [-0.39, 0.29) is 24.3 Å². The van der Waals surface area contributed by atoms with Gasteiger partial charge in [-0.15, -0.1) is 0 Å². The lowest BCUT2D eigenvalue weighted by Crippen LogP contribution is -2.42. The predicted octanol–water partition coefficient (Wildman–Crippen LogP) is 3.96.